The van der Waals surface area contributed by atoms with Crippen LogP contribution in [0.1, 0.15) is 111 Å². The minimum atomic E-state index is 0. The molecule has 0 aliphatic rings. The molecule has 0 unspecified atom stereocenters. The van der Waals surface area contributed by atoms with Crippen molar-refractivity contribution in [2.75, 3.05) is 0 Å². The molecule has 0 nitrogen and oxygen atoms in total. The maximum atomic E-state index is 2.00. The van der Waals surface area contributed by atoms with Gasteiger partial charge < -0.3 is 89.1 Å². The molecule has 10 rings (SSSR count). The van der Waals surface area contributed by atoms with E-state index in [4.69, 9.17) is 0 Å². The van der Waals surface area contributed by atoms with E-state index in [1.807, 2.05) is 475 Å². The van der Waals surface area contributed by atoms with Crippen LogP contribution in [0.5, 0.6) is 0 Å². The molecule has 10 aromatic rings. The molecule has 0 atom stereocenters. The van der Waals surface area contributed by atoms with Crippen LogP contribution in [0.4, 0.5) is 0 Å². The summed E-state index contributed by atoms with van der Waals surface area (Å²) < 4.78 is 0. The molecule has 13 radical (unpaired) electrons. The summed E-state index contributed by atoms with van der Waals surface area (Å²) in [5.41, 5.74) is 0. The summed E-state index contributed by atoms with van der Waals surface area (Å²) in [6, 6.07) is 120. The molecule has 0 spiro atoms. The third kappa shape index (κ3) is 263. The molecule has 10 aromatic carbocycles. The topological polar surface area (TPSA) is 0 Å². The van der Waals surface area contributed by atoms with E-state index in [-0.39, 0.29) is 514 Å². The maximum Gasteiger partial charge on any atom is 0 e. The van der Waals surface area contributed by atoms with Gasteiger partial charge in [-0.15, -0.1) is 0 Å². The minimum Gasteiger partial charge on any atom is -0.358 e. The summed E-state index contributed by atoms with van der Waals surface area (Å²) >= 11 is 0. The first-order valence-electron chi connectivity index (χ1n) is 28.0. The summed E-state index contributed by atoms with van der Waals surface area (Å²) in [6.45, 7) is 32.0. The Morgan fingerprint density at radius 3 is 0.0792 bits per heavy atom. The molecular formula is C88H144Y13-12. The Morgan fingerprint density at radius 1 is 0.0594 bits per heavy atom. The van der Waals surface area contributed by atoms with Crippen molar-refractivity contribution < 1.29 is 425 Å². The number of rotatable bonds is 0. The van der Waals surface area contributed by atoms with E-state index in [0.717, 1.165) is 0 Å². The van der Waals surface area contributed by atoms with Gasteiger partial charge in [0.1, 0.15) is 0 Å². The van der Waals surface area contributed by atoms with Crippen LogP contribution in [0.15, 0.2) is 364 Å². The van der Waals surface area contributed by atoms with Gasteiger partial charge in [-0.05, 0) is 0 Å². The molecule has 101 heavy (non-hydrogen) atoms. The van der Waals surface area contributed by atoms with Crippen LogP contribution in [0, 0.1) is 89.1 Å². The van der Waals surface area contributed by atoms with Gasteiger partial charge >= 0.3 is 0 Å². The largest absolute Gasteiger partial charge is 0.358 e. The smallest absolute Gasteiger partial charge is 0 e. The molecule has 0 aliphatic carbocycles. The number of benzene rings is 10. The minimum absolute atomic E-state index is 0. The van der Waals surface area contributed by atoms with Gasteiger partial charge in [0.05, 0.1) is 0 Å². The Hall–Kier alpha value is 6.55. The summed E-state index contributed by atoms with van der Waals surface area (Å²) in [5, 5.41) is 0. The quantitative estimate of drug-likeness (QED) is 0.133. The Balaban J connectivity index is -0.0000000156. The van der Waals surface area contributed by atoms with Crippen molar-refractivity contribution >= 4 is 0 Å². The fraction of sp³-hybridized carbons (Fsp3) is 0.182. The Labute approximate surface area is 968 Å². The van der Waals surface area contributed by atoms with E-state index < -0.39 is 0 Å². The van der Waals surface area contributed by atoms with E-state index in [1.54, 1.807) is 0 Å². The van der Waals surface area contributed by atoms with Crippen LogP contribution in [-0.2, 0) is 425 Å². The van der Waals surface area contributed by atoms with Gasteiger partial charge in [0, 0.05) is 425 Å². The van der Waals surface area contributed by atoms with Crippen molar-refractivity contribution in [1.29, 1.82) is 0 Å². The molecular weight excluding hydrogens is 2210 g/mol. The molecule has 0 aliphatic heterocycles. The average Bonchev–Trinajstić information content (AvgIpc) is 3.60. The van der Waals surface area contributed by atoms with Gasteiger partial charge in [-0.25, -0.2) is 0 Å². The molecule has 0 heterocycles. The molecule has 0 saturated heterocycles. The van der Waals surface area contributed by atoms with Crippen LogP contribution in [0.3, 0.4) is 0 Å². The van der Waals surface area contributed by atoms with Crippen molar-refractivity contribution in [2.45, 2.75) is 111 Å². The second-order valence-electron chi connectivity index (χ2n) is 11.5. The SMILES string of the molecule is CC.CC.CC.CC.CC.CC.CC.CC.[CH3-].[CH3-].[CH3-].[CH3-].[CH3-].[CH3-].[CH3-].[CH3-].[CH3-].[CH3-].[CH3-].[CH3-].[Y].[Y].[Y].[Y].[Y].[Y].[Y].[Y].[Y].[Y].[Y].[Y].[Y].c1ccccc1.c1ccccc1.c1ccccc1.c1ccccc1.c1ccccc1.c1ccccc1.c1ccccc1.c1ccccc1.c1ccccc1.c1ccccc1. The van der Waals surface area contributed by atoms with Crippen LogP contribution < -0.4 is 0 Å². The van der Waals surface area contributed by atoms with E-state index in [0.29, 0.717) is 0 Å². The van der Waals surface area contributed by atoms with Gasteiger partial charge in [-0.2, -0.15) is 0 Å². The van der Waals surface area contributed by atoms with E-state index >= 15 is 0 Å². The van der Waals surface area contributed by atoms with Crippen LogP contribution >= 0.6 is 0 Å². The zero-order valence-electron chi connectivity index (χ0n) is 70.1. The van der Waals surface area contributed by atoms with Crippen molar-refractivity contribution in [1.82, 2.24) is 0 Å². The van der Waals surface area contributed by atoms with Crippen LogP contribution in [-0.4, -0.2) is 0 Å². The monoisotopic (exact) mass is 2360 g/mol. The average molecular weight is 2360 g/mol. The van der Waals surface area contributed by atoms with E-state index in [2.05, 4.69) is 0 Å². The molecule has 0 amide bonds. The third-order valence-electron chi connectivity index (χ3n) is 6.67. The maximum absolute atomic E-state index is 2.00. The Kier molecular flexibility index (Phi) is 583. The molecule has 0 N–H and O–H groups in total. The van der Waals surface area contributed by atoms with Gasteiger partial charge in [0.25, 0.3) is 0 Å². The Morgan fingerprint density at radius 2 is 0.0693 bits per heavy atom. The van der Waals surface area contributed by atoms with Crippen LogP contribution in [0.2, 0.25) is 0 Å². The summed E-state index contributed by atoms with van der Waals surface area (Å²) in [7, 11) is 0. The molecule has 0 fully saturated rings. The number of hydrogen-bond donors (Lipinski definition) is 0. The first-order chi connectivity index (χ1) is 38.0. The first kappa shape index (κ1) is 220. The van der Waals surface area contributed by atoms with Crippen molar-refractivity contribution in [3.05, 3.63) is 453 Å². The van der Waals surface area contributed by atoms with Crippen molar-refractivity contribution in [3.8, 4) is 0 Å². The summed E-state index contributed by atoms with van der Waals surface area (Å²) in [5.74, 6) is 0. The predicted molar refractivity (Wildman–Crippen MR) is 432 cm³/mol. The fourth-order valence-corrected chi connectivity index (χ4v) is 3.85. The van der Waals surface area contributed by atoms with Gasteiger partial charge in [-0.1, -0.05) is 475 Å². The normalized spacial score (nSPS) is 5.23. The number of hydrogen-bond acceptors (Lipinski definition) is 0. The van der Waals surface area contributed by atoms with E-state index in [9.17, 15) is 0 Å². The summed E-state index contributed by atoms with van der Waals surface area (Å²) in [4.78, 5) is 0. The second-order valence-corrected chi connectivity index (χ2v) is 11.5. The zero-order valence-corrected chi connectivity index (χ0v) is 107. The van der Waals surface area contributed by atoms with E-state index in [1.165, 1.54) is 0 Å². The predicted octanol–water partition coefficient (Wildman–Crippen LogP) is 30.4. The molecule has 0 bridgehead atoms. The summed E-state index contributed by atoms with van der Waals surface area (Å²) in [6.07, 6.45) is 0. The second kappa shape index (κ2) is 268. The van der Waals surface area contributed by atoms with Crippen molar-refractivity contribution in [3.63, 3.8) is 0 Å². The van der Waals surface area contributed by atoms with Gasteiger partial charge in [0.15, 0.2) is 0 Å². The van der Waals surface area contributed by atoms with Crippen molar-refractivity contribution in [2.24, 2.45) is 0 Å². The molecule has 0 saturated carbocycles. The molecule has 13 heteroatoms. The molecule has 547 valence electrons. The first-order valence-corrected chi connectivity index (χ1v) is 28.0. The Bertz CT molecular complexity index is 1300. The fourth-order valence-electron chi connectivity index (χ4n) is 3.85. The van der Waals surface area contributed by atoms with Gasteiger partial charge in [-0.3, -0.25) is 0 Å². The molecule has 0 aromatic heterocycles. The van der Waals surface area contributed by atoms with Gasteiger partial charge in [0.2, 0.25) is 0 Å². The standard InChI is InChI=1S/10C6H6.8C2H6.12CH3.13Y/c10*1-2-4-6-5-3-1;8*1-2;;;;;;;;;;;;;;;;;;;;;;;;;/h10*1-6H;8*1-2H3;12*1H3;;;;;;;;;;;;;/q;;;;;;;;;;;;;;;;;;12*-1;;;;;;;;;;;;;. The third-order valence-corrected chi connectivity index (χ3v) is 6.67. The zero-order chi connectivity index (χ0) is 58.4. The van der Waals surface area contributed by atoms with Crippen LogP contribution in [0.25, 0.3) is 0 Å².